The van der Waals surface area contributed by atoms with Crippen LogP contribution < -0.4 is 10.9 Å². The van der Waals surface area contributed by atoms with Crippen molar-refractivity contribution in [1.29, 1.82) is 0 Å². The van der Waals surface area contributed by atoms with Crippen LogP contribution in [-0.2, 0) is 0 Å². The molecule has 98 valence electrons. The Bertz CT molecular complexity index is 899. The Kier molecular flexibility index (Phi) is 2.41. The van der Waals surface area contributed by atoms with Crippen LogP contribution >= 0.6 is 11.8 Å². The van der Waals surface area contributed by atoms with E-state index in [1.165, 1.54) is 17.3 Å². The van der Waals surface area contributed by atoms with Gasteiger partial charge < -0.3 is 10.3 Å². The molecule has 4 heteroatoms. The van der Waals surface area contributed by atoms with Gasteiger partial charge in [-0.3, -0.25) is 4.79 Å². The molecule has 3 nitrogen and oxygen atoms in total. The molecular formula is C16H12N2OS. The number of nitrogens with one attached hydrogen (secondary N) is 2. The summed E-state index contributed by atoms with van der Waals surface area (Å²) < 4.78 is 0. The van der Waals surface area contributed by atoms with Crippen molar-refractivity contribution in [1.82, 2.24) is 4.98 Å². The topological polar surface area (TPSA) is 44.9 Å². The van der Waals surface area contributed by atoms with Gasteiger partial charge in [-0.05, 0) is 31.2 Å². The molecule has 0 unspecified atom stereocenters. The summed E-state index contributed by atoms with van der Waals surface area (Å²) in [5.74, 6) is 0. The van der Waals surface area contributed by atoms with Crippen molar-refractivity contribution in [3.63, 3.8) is 0 Å². The third-order valence-electron chi connectivity index (χ3n) is 3.48. The van der Waals surface area contributed by atoms with Gasteiger partial charge in [-0.2, -0.15) is 0 Å². The second-order valence-corrected chi connectivity index (χ2v) is 5.98. The number of aromatic amines is 1. The molecule has 2 heterocycles. The van der Waals surface area contributed by atoms with E-state index in [4.69, 9.17) is 0 Å². The average molecular weight is 280 g/mol. The minimum absolute atomic E-state index is 0.0386. The highest BCUT2D eigenvalue weighted by Gasteiger charge is 2.20. The van der Waals surface area contributed by atoms with Crippen molar-refractivity contribution in [2.24, 2.45) is 0 Å². The molecular weight excluding hydrogens is 268 g/mol. The number of hydrogen-bond acceptors (Lipinski definition) is 3. The first-order valence-electron chi connectivity index (χ1n) is 6.43. The summed E-state index contributed by atoms with van der Waals surface area (Å²) in [5.41, 5.74) is 3.97. The summed E-state index contributed by atoms with van der Waals surface area (Å²) in [6.07, 6.45) is 0. The molecule has 2 aromatic carbocycles. The lowest BCUT2D eigenvalue weighted by Crippen LogP contribution is -2.14. The molecule has 1 aliphatic rings. The maximum atomic E-state index is 12.3. The first-order valence-corrected chi connectivity index (χ1v) is 7.24. The average Bonchev–Trinajstić information content (AvgIpc) is 2.47. The fourth-order valence-corrected chi connectivity index (χ4v) is 3.52. The van der Waals surface area contributed by atoms with E-state index in [9.17, 15) is 4.79 Å². The van der Waals surface area contributed by atoms with Crippen molar-refractivity contribution in [3.8, 4) is 0 Å². The zero-order chi connectivity index (χ0) is 13.7. The Morgan fingerprint density at radius 2 is 1.95 bits per heavy atom. The number of aryl methyl sites for hydroxylation is 1. The summed E-state index contributed by atoms with van der Waals surface area (Å²) >= 11 is 1.52. The highest BCUT2D eigenvalue weighted by Crippen LogP contribution is 2.44. The Morgan fingerprint density at radius 1 is 1.10 bits per heavy atom. The minimum Gasteiger partial charge on any atom is -0.353 e. The van der Waals surface area contributed by atoms with Crippen LogP contribution in [0.25, 0.3) is 10.9 Å². The van der Waals surface area contributed by atoms with Crippen LogP contribution in [0.15, 0.2) is 57.1 Å². The number of H-pyrrole nitrogens is 1. The number of para-hydroxylation sites is 1. The van der Waals surface area contributed by atoms with Gasteiger partial charge in [0.25, 0.3) is 5.56 Å². The molecule has 0 fully saturated rings. The van der Waals surface area contributed by atoms with E-state index in [0.29, 0.717) is 0 Å². The zero-order valence-electron chi connectivity index (χ0n) is 10.9. The lowest BCUT2D eigenvalue weighted by molar-refractivity contribution is 1.17. The van der Waals surface area contributed by atoms with Crippen molar-refractivity contribution in [2.45, 2.75) is 16.7 Å². The van der Waals surface area contributed by atoms with Gasteiger partial charge in [0.2, 0.25) is 0 Å². The molecule has 0 aliphatic carbocycles. The Labute approximate surface area is 120 Å². The predicted octanol–water partition coefficient (Wildman–Crippen LogP) is 4.04. The lowest BCUT2D eigenvalue weighted by Gasteiger charge is -2.21. The van der Waals surface area contributed by atoms with Gasteiger partial charge in [0, 0.05) is 10.3 Å². The largest absolute Gasteiger partial charge is 0.353 e. The van der Waals surface area contributed by atoms with Gasteiger partial charge in [0.05, 0.1) is 16.9 Å². The second-order valence-electron chi connectivity index (χ2n) is 4.93. The first-order chi connectivity index (χ1) is 9.72. The third-order valence-corrected chi connectivity index (χ3v) is 4.65. The number of rotatable bonds is 0. The summed E-state index contributed by atoms with van der Waals surface area (Å²) in [6.45, 7) is 2.06. The van der Waals surface area contributed by atoms with Crippen molar-refractivity contribution in [3.05, 3.63) is 58.4 Å². The minimum atomic E-state index is -0.0386. The Balaban J connectivity index is 2.05. The number of anilines is 2. The summed E-state index contributed by atoms with van der Waals surface area (Å²) in [4.78, 5) is 17.0. The fraction of sp³-hybridized carbons (Fsp3) is 0.0625. The number of pyridine rings is 1. The van der Waals surface area contributed by atoms with Gasteiger partial charge in [0.15, 0.2) is 0 Å². The van der Waals surface area contributed by atoms with Gasteiger partial charge in [0.1, 0.15) is 4.90 Å². The van der Waals surface area contributed by atoms with Crippen LogP contribution in [0.3, 0.4) is 0 Å². The highest BCUT2D eigenvalue weighted by molar-refractivity contribution is 7.99. The van der Waals surface area contributed by atoms with Gasteiger partial charge in [-0.1, -0.05) is 35.5 Å². The smallest absolute Gasteiger partial charge is 0.264 e. The fourth-order valence-electron chi connectivity index (χ4n) is 2.51. The summed E-state index contributed by atoms with van der Waals surface area (Å²) in [5, 5.41) is 4.47. The van der Waals surface area contributed by atoms with E-state index in [0.717, 1.165) is 32.1 Å². The van der Waals surface area contributed by atoms with Crippen molar-refractivity contribution in [2.75, 3.05) is 5.32 Å². The van der Waals surface area contributed by atoms with E-state index in [-0.39, 0.29) is 5.56 Å². The molecule has 3 aromatic rings. The molecule has 0 saturated carbocycles. The normalized spacial score (nSPS) is 12.7. The van der Waals surface area contributed by atoms with E-state index < -0.39 is 0 Å². The van der Waals surface area contributed by atoms with Crippen LogP contribution in [0, 0.1) is 6.92 Å². The molecule has 20 heavy (non-hydrogen) atoms. The van der Waals surface area contributed by atoms with Gasteiger partial charge >= 0.3 is 0 Å². The predicted molar refractivity (Wildman–Crippen MR) is 83.2 cm³/mol. The van der Waals surface area contributed by atoms with E-state index >= 15 is 0 Å². The molecule has 1 aromatic heterocycles. The molecule has 0 radical (unpaired) electrons. The van der Waals surface area contributed by atoms with E-state index in [1.54, 1.807) is 0 Å². The monoisotopic (exact) mass is 280 g/mol. The lowest BCUT2D eigenvalue weighted by atomic mass is 10.1. The zero-order valence-corrected chi connectivity index (χ0v) is 11.7. The van der Waals surface area contributed by atoms with Crippen molar-refractivity contribution >= 4 is 34.0 Å². The van der Waals surface area contributed by atoms with Gasteiger partial charge in [-0.15, -0.1) is 0 Å². The summed E-state index contributed by atoms with van der Waals surface area (Å²) in [6, 6.07) is 14.1. The highest BCUT2D eigenvalue weighted by atomic mass is 32.2. The van der Waals surface area contributed by atoms with Crippen molar-refractivity contribution < 1.29 is 0 Å². The van der Waals surface area contributed by atoms with Gasteiger partial charge in [-0.25, -0.2) is 0 Å². The number of fused-ring (bicyclic) bond motifs is 4. The molecule has 4 rings (SSSR count). The molecule has 0 saturated heterocycles. The maximum Gasteiger partial charge on any atom is 0.264 e. The van der Waals surface area contributed by atoms with E-state index in [1.807, 2.05) is 36.4 Å². The van der Waals surface area contributed by atoms with Crippen LogP contribution in [0.4, 0.5) is 11.4 Å². The Morgan fingerprint density at radius 3 is 2.85 bits per heavy atom. The first kappa shape index (κ1) is 11.6. The quantitative estimate of drug-likeness (QED) is 0.511. The van der Waals surface area contributed by atoms with Crippen LogP contribution in [0.5, 0.6) is 0 Å². The number of hydrogen-bond donors (Lipinski definition) is 2. The second kappa shape index (κ2) is 4.15. The molecule has 0 atom stereocenters. The molecule has 0 bridgehead atoms. The SMILES string of the molecule is Cc1ccc2[nH]c(=O)c3c(c2c1)Nc1ccccc1S3. The van der Waals surface area contributed by atoms with Crippen LogP contribution in [-0.4, -0.2) is 4.98 Å². The molecule has 0 amide bonds. The number of benzene rings is 2. The molecule has 2 N–H and O–H groups in total. The standard InChI is InChI=1S/C16H12N2OS/c1-9-6-7-11-10(8-9)14-15(16(19)18-11)20-13-5-3-2-4-12(13)17-14/h2-8,17H,1H3,(H,18,19). The van der Waals surface area contributed by atoms with Crippen LogP contribution in [0.1, 0.15) is 5.56 Å². The van der Waals surface area contributed by atoms with Crippen LogP contribution in [0.2, 0.25) is 0 Å². The summed E-state index contributed by atoms with van der Waals surface area (Å²) in [7, 11) is 0. The molecule has 0 spiro atoms. The third kappa shape index (κ3) is 1.65. The maximum absolute atomic E-state index is 12.3. The Hall–Kier alpha value is -2.20. The molecule has 1 aliphatic heterocycles. The van der Waals surface area contributed by atoms with E-state index in [2.05, 4.69) is 23.3 Å². The number of aromatic nitrogens is 1.